The number of hydrogen-bond donors (Lipinski definition) is 1. The van der Waals surface area contributed by atoms with E-state index in [1.807, 2.05) is 30.6 Å². The number of aromatic nitrogens is 1. The first-order chi connectivity index (χ1) is 11.9. The molecule has 0 fully saturated rings. The summed E-state index contributed by atoms with van der Waals surface area (Å²) in [4.78, 5) is 6.69. The number of pyridine rings is 1. The fraction of sp³-hybridized carbons (Fsp3) is 0.409. The summed E-state index contributed by atoms with van der Waals surface area (Å²) in [5.74, 6) is 5.86. The Morgan fingerprint density at radius 3 is 2.36 bits per heavy atom. The smallest absolute Gasteiger partial charge is 0.120 e. The monoisotopic (exact) mass is 336 g/mol. The quantitative estimate of drug-likeness (QED) is 0.810. The van der Waals surface area contributed by atoms with Gasteiger partial charge < -0.3 is 5.11 Å². The molecule has 0 aliphatic carbocycles. The first kappa shape index (κ1) is 19.2. The summed E-state index contributed by atoms with van der Waals surface area (Å²) in [5, 5.41) is 9.70. The predicted octanol–water partition coefficient (Wildman–Crippen LogP) is 4.00. The van der Waals surface area contributed by atoms with Gasteiger partial charge in [0.15, 0.2) is 0 Å². The van der Waals surface area contributed by atoms with Crippen molar-refractivity contribution in [2.75, 3.05) is 0 Å². The average Bonchev–Trinajstić information content (AvgIpc) is 2.60. The van der Waals surface area contributed by atoms with Crippen LogP contribution in [0.4, 0.5) is 0 Å². The lowest BCUT2D eigenvalue weighted by atomic mass is 10.1. The van der Waals surface area contributed by atoms with Gasteiger partial charge in [0.05, 0.1) is 0 Å². The van der Waals surface area contributed by atoms with Crippen LogP contribution in [0.25, 0.3) is 0 Å². The van der Waals surface area contributed by atoms with Gasteiger partial charge in [0.2, 0.25) is 0 Å². The van der Waals surface area contributed by atoms with Crippen molar-refractivity contribution >= 4 is 0 Å². The first-order valence-corrected chi connectivity index (χ1v) is 8.85. The van der Waals surface area contributed by atoms with Crippen molar-refractivity contribution in [2.24, 2.45) is 0 Å². The molecule has 1 atom stereocenters. The molecule has 0 saturated carbocycles. The molecule has 1 aromatic carbocycles. The van der Waals surface area contributed by atoms with E-state index in [-0.39, 0.29) is 0 Å². The van der Waals surface area contributed by atoms with E-state index in [0.717, 1.165) is 25.1 Å². The Kier molecular flexibility index (Phi) is 6.75. The van der Waals surface area contributed by atoms with Crippen molar-refractivity contribution in [3.05, 3.63) is 65.5 Å². The third-order valence-corrected chi connectivity index (χ3v) is 4.17. The van der Waals surface area contributed by atoms with Crippen LogP contribution in [0.15, 0.2) is 48.8 Å². The van der Waals surface area contributed by atoms with Gasteiger partial charge in [-0.3, -0.25) is 9.88 Å². The van der Waals surface area contributed by atoms with E-state index in [4.69, 9.17) is 0 Å². The van der Waals surface area contributed by atoms with Gasteiger partial charge in [-0.2, -0.15) is 0 Å². The maximum Gasteiger partial charge on any atom is 0.120 e. The molecule has 1 N–H and O–H groups in total. The van der Waals surface area contributed by atoms with Crippen molar-refractivity contribution in [3.8, 4) is 11.8 Å². The predicted molar refractivity (Wildman–Crippen MR) is 103 cm³/mol. The van der Waals surface area contributed by atoms with Gasteiger partial charge in [0.25, 0.3) is 0 Å². The molecule has 25 heavy (non-hydrogen) atoms. The summed E-state index contributed by atoms with van der Waals surface area (Å²) in [7, 11) is 0. The Balaban J connectivity index is 2.09. The minimum Gasteiger partial charge on any atom is -0.378 e. The number of rotatable bonds is 6. The molecule has 0 unspecified atom stereocenters. The zero-order chi connectivity index (χ0) is 18.3. The van der Waals surface area contributed by atoms with Gasteiger partial charge in [0.1, 0.15) is 5.60 Å². The van der Waals surface area contributed by atoms with E-state index >= 15 is 0 Å². The highest BCUT2D eigenvalue weighted by molar-refractivity contribution is 5.37. The molecule has 2 rings (SSSR count). The number of hydrogen-bond acceptors (Lipinski definition) is 3. The summed E-state index contributed by atoms with van der Waals surface area (Å²) in [6.07, 6.45) is 4.85. The molecule has 3 heteroatoms. The zero-order valence-corrected chi connectivity index (χ0v) is 15.7. The first-order valence-electron chi connectivity index (χ1n) is 8.85. The van der Waals surface area contributed by atoms with Gasteiger partial charge >= 0.3 is 0 Å². The third kappa shape index (κ3) is 6.70. The number of aliphatic hydroxyl groups is 1. The Bertz CT molecular complexity index is 706. The molecule has 0 bridgehead atoms. The lowest BCUT2D eigenvalue weighted by molar-refractivity contribution is 0.143. The highest BCUT2D eigenvalue weighted by atomic mass is 16.3. The summed E-state index contributed by atoms with van der Waals surface area (Å²) >= 11 is 0. The largest absolute Gasteiger partial charge is 0.378 e. The van der Waals surface area contributed by atoms with Crippen molar-refractivity contribution < 1.29 is 5.11 Å². The molecule has 3 nitrogen and oxygen atoms in total. The van der Waals surface area contributed by atoms with E-state index in [1.54, 1.807) is 13.8 Å². The summed E-state index contributed by atoms with van der Waals surface area (Å²) < 4.78 is 0. The van der Waals surface area contributed by atoms with Crippen LogP contribution in [0.1, 0.15) is 50.8 Å². The maximum atomic E-state index is 9.70. The maximum absolute atomic E-state index is 9.70. The summed E-state index contributed by atoms with van der Waals surface area (Å²) in [6.45, 7) is 9.65. The molecule has 132 valence electrons. The minimum absolute atomic E-state index is 0.495. The Labute approximate surface area is 151 Å². The summed E-state index contributed by atoms with van der Waals surface area (Å²) in [6, 6.07) is 12.9. The molecule has 2 aromatic rings. The van der Waals surface area contributed by atoms with Gasteiger partial charge in [-0.25, -0.2) is 0 Å². The number of benzene rings is 1. The highest BCUT2D eigenvalue weighted by Crippen LogP contribution is 2.15. The molecule has 0 saturated heterocycles. The lowest BCUT2D eigenvalue weighted by Crippen LogP contribution is -2.31. The van der Waals surface area contributed by atoms with Crippen LogP contribution in [0.5, 0.6) is 0 Å². The molecule has 1 heterocycles. The lowest BCUT2D eigenvalue weighted by Gasteiger charge is -2.28. The SMILES string of the molecule is CC[C@@H](C)N(Cc1ccc(C#CC(C)(C)O)cc1)Cc1cccnc1. The van der Waals surface area contributed by atoms with Crippen molar-refractivity contribution in [1.82, 2.24) is 9.88 Å². The molecule has 0 amide bonds. The standard InChI is InChI=1S/C22H28N2O/c1-5-18(2)24(17-21-7-6-14-23-15-21)16-20-10-8-19(9-11-20)12-13-22(3,4)25/h6-11,14-15,18,25H,5,16-17H2,1-4H3/t18-/m1/s1. The van der Waals surface area contributed by atoms with E-state index in [1.165, 1.54) is 11.1 Å². The van der Waals surface area contributed by atoms with Crippen LogP contribution in [-0.4, -0.2) is 26.6 Å². The van der Waals surface area contributed by atoms with Gasteiger partial charge in [-0.15, -0.1) is 0 Å². The van der Waals surface area contributed by atoms with Crippen LogP contribution in [0.3, 0.4) is 0 Å². The number of nitrogens with zero attached hydrogens (tertiary/aromatic N) is 2. The fourth-order valence-corrected chi connectivity index (χ4v) is 2.51. The van der Waals surface area contributed by atoms with Gasteiger partial charge in [-0.1, -0.05) is 37.0 Å². The zero-order valence-electron chi connectivity index (χ0n) is 15.7. The Morgan fingerprint density at radius 2 is 1.80 bits per heavy atom. The minimum atomic E-state index is -0.963. The van der Waals surface area contributed by atoms with Gasteiger partial charge in [0, 0.05) is 37.1 Å². The van der Waals surface area contributed by atoms with Crippen LogP contribution in [0.2, 0.25) is 0 Å². The molecular formula is C22H28N2O. The highest BCUT2D eigenvalue weighted by Gasteiger charge is 2.13. The molecule has 0 aliphatic rings. The third-order valence-electron chi connectivity index (χ3n) is 4.17. The molecule has 0 aliphatic heterocycles. The Hall–Kier alpha value is -2.15. The second-order valence-corrected chi connectivity index (χ2v) is 7.03. The summed E-state index contributed by atoms with van der Waals surface area (Å²) in [5.41, 5.74) is 2.46. The van der Waals surface area contributed by atoms with Gasteiger partial charge in [-0.05, 0) is 56.5 Å². The molecule has 0 radical (unpaired) electrons. The van der Waals surface area contributed by atoms with E-state index < -0.39 is 5.60 Å². The van der Waals surface area contributed by atoms with Crippen LogP contribution < -0.4 is 0 Å². The van der Waals surface area contributed by atoms with Crippen LogP contribution in [0, 0.1) is 11.8 Å². The molecular weight excluding hydrogens is 308 g/mol. The van der Waals surface area contributed by atoms with Crippen LogP contribution in [-0.2, 0) is 13.1 Å². The van der Waals surface area contributed by atoms with Crippen molar-refractivity contribution in [1.29, 1.82) is 0 Å². The van der Waals surface area contributed by atoms with E-state index in [9.17, 15) is 5.11 Å². The Morgan fingerprint density at radius 1 is 1.12 bits per heavy atom. The molecule has 0 spiro atoms. The van der Waals surface area contributed by atoms with E-state index in [0.29, 0.717) is 6.04 Å². The fourth-order valence-electron chi connectivity index (χ4n) is 2.51. The normalized spacial score (nSPS) is 12.6. The topological polar surface area (TPSA) is 36.4 Å². The van der Waals surface area contributed by atoms with E-state index in [2.05, 4.69) is 53.8 Å². The average molecular weight is 336 g/mol. The van der Waals surface area contributed by atoms with Crippen LogP contribution >= 0.6 is 0 Å². The second-order valence-electron chi connectivity index (χ2n) is 7.03. The van der Waals surface area contributed by atoms with Crippen molar-refractivity contribution in [3.63, 3.8) is 0 Å². The second kappa shape index (κ2) is 8.80. The molecule has 1 aromatic heterocycles. The van der Waals surface area contributed by atoms with Crippen molar-refractivity contribution in [2.45, 2.75) is 58.8 Å².